The van der Waals surface area contributed by atoms with Gasteiger partial charge >= 0.3 is 0 Å². The first-order chi connectivity index (χ1) is 14.0. The van der Waals surface area contributed by atoms with Gasteiger partial charge in [-0.05, 0) is 31.9 Å². The molecule has 0 radical (unpaired) electrons. The number of aromatic nitrogens is 3. The van der Waals surface area contributed by atoms with Gasteiger partial charge in [0, 0.05) is 19.2 Å². The van der Waals surface area contributed by atoms with E-state index in [2.05, 4.69) is 33.9 Å². The van der Waals surface area contributed by atoms with Gasteiger partial charge < -0.3 is 19.4 Å². The van der Waals surface area contributed by atoms with Gasteiger partial charge in [-0.1, -0.05) is 49.3 Å². The summed E-state index contributed by atoms with van der Waals surface area (Å²) in [7, 11) is 1.61. The van der Waals surface area contributed by atoms with Gasteiger partial charge in [-0.15, -0.1) is 10.2 Å². The molecule has 1 heterocycles. The largest absolute Gasteiger partial charge is 0.484 e. The molecule has 1 amide bonds. The number of thioether (sulfide) groups is 1. The first-order valence-electron chi connectivity index (χ1n) is 9.72. The minimum absolute atomic E-state index is 0.0374. The lowest BCUT2D eigenvalue weighted by Gasteiger charge is -2.19. The average molecular weight is 441 g/mol. The Morgan fingerprint density at radius 2 is 2.00 bits per heavy atom. The van der Waals surface area contributed by atoms with Crippen molar-refractivity contribution >= 4 is 29.3 Å². The van der Waals surface area contributed by atoms with Crippen molar-refractivity contribution in [2.24, 2.45) is 0 Å². The van der Waals surface area contributed by atoms with Crippen molar-refractivity contribution in [3.05, 3.63) is 35.1 Å². The molecule has 29 heavy (non-hydrogen) atoms. The van der Waals surface area contributed by atoms with E-state index in [1.807, 2.05) is 25.1 Å². The number of methoxy groups -OCH3 is 1. The van der Waals surface area contributed by atoms with Crippen molar-refractivity contribution in [3.8, 4) is 5.75 Å². The molecule has 0 spiro atoms. The normalized spacial score (nSPS) is 12.2. The van der Waals surface area contributed by atoms with Gasteiger partial charge in [0.2, 0.25) is 5.91 Å². The number of para-hydroxylation sites is 1. The number of nitrogens with one attached hydrogen (secondary N) is 1. The zero-order chi connectivity index (χ0) is 21.2. The molecule has 0 aliphatic rings. The molecule has 2 aromatic rings. The minimum atomic E-state index is -0.0625. The molecule has 0 fully saturated rings. The molecule has 2 rings (SSSR count). The molecular weight excluding hydrogens is 412 g/mol. The molecule has 1 aromatic carbocycles. The predicted molar refractivity (Wildman–Crippen MR) is 116 cm³/mol. The van der Waals surface area contributed by atoms with Crippen LogP contribution in [0.1, 0.15) is 45.5 Å². The summed E-state index contributed by atoms with van der Waals surface area (Å²) in [6.07, 6.45) is 1.86. The Balaban J connectivity index is 2.10. The summed E-state index contributed by atoms with van der Waals surface area (Å²) in [6, 6.07) is 7.53. The summed E-state index contributed by atoms with van der Waals surface area (Å²) in [6.45, 7) is 6.89. The smallest absolute Gasteiger partial charge is 0.230 e. The van der Waals surface area contributed by atoms with Crippen LogP contribution in [-0.2, 0) is 16.1 Å². The van der Waals surface area contributed by atoms with E-state index in [1.54, 1.807) is 13.2 Å². The maximum absolute atomic E-state index is 12.2. The van der Waals surface area contributed by atoms with E-state index < -0.39 is 0 Å². The van der Waals surface area contributed by atoms with Gasteiger partial charge in [0.25, 0.3) is 0 Å². The van der Waals surface area contributed by atoms with E-state index in [9.17, 15) is 4.79 Å². The number of ether oxygens (including phenoxy) is 2. The zero-order valence-corrected chi connectivity index (χ0v) is 18.9. The van der Waals surface area contributed by atoms with Gasteiger partial charge in [0.1, 0.15) is 12.4 Å². The first kappa shape index (κ1) is 23.5. The molecule has 1 aromatic heterocycles. The van der Waals surface area contributed by atoms with E-state index >= 15 is 0 Å². The SMILES string of the molecule is CCC(CC)n1c(COc2ccccc2Cl)nnc1SCC(=O)NC(C)COC. The number of carbonyl (C=O) groups is 1. The van der Waals surface area contributed by atoms with Crippen molar-refractivity contribution in [2.75, 3.05) is 19.5 Å². The van der Waals surface area contributed by atoms with Gasteiger partial charge in [-0.25, -0.2) is 0 Å². The third-order valence-corrected chi connectivity index (χ3v) is 5.65. The fourth-order valence-electron chi connectivity index (χ4n) is 2.97. The Kier molecular flexibility index (Phi) is 9.76. The molecule has 1 atom stereocenters. The van der Waals surface area contributed by atoms with Crippen LogP contribution in [0.5, 0.6) is 5.75 Å². The molecule has 1 unspecified atom stereocenters. The van der Waals surface area contributed by atoms with Crippen molar-refractivity contribution in [3.63, 3.8) is 0 Å². The molecule has 0 bridgehead atoms. The Morgan fingerprint density at radius 3 is 2.66 bits per heavy atom. The maximum atomic E-state index is 12.2. The van der Waals surface area contributed by atoms with Crippen LogP contribution in [-0.4, -0.2) is 46.2 Å². The number of carbonyl (C=O) groups excluding carboxylic acids is 1. The molecule has 9 heteroatoms. The summed E-state index contributed by atoms with van der Waals surface area (Å²) < 4.78 is 13.0. The molecular formula is C20H29ClN4O3S. The number of hydrogen-bond donors (Lipinski definition) is 1. The van der Waals surface area contributed by atoms with E-state index in [-0.39, 0.29) is 30.4 Å². The maximum Gasteiger partial charge on any atom is 0.230 e. The van der Waals surface area contributed by atoms with Crippen LogP contribution in [0.25, 0.3) is 0 Å². The van der Waals surface area contributed by atoms with Crippen molar-refractivity contribution in [1.29, 1.82) is 0 Å². The second-order valence-corrected chi connectivity index (χ2v) is 8.02. The molecule has 7 nitrogen and oxygen atoms in total. The number of amides is 1. The summed E-state index contributed by atoms with van der Waals surface area (Å²) in [4.78, 5) is 12.2. The number of benzene rings is 1. The third-order valence-electron chi connectivity index (χ3n) is 4.39. The molecule has 160 valence electrons. The number of rotatable bonds is 12. The second-order valence-electron chi connectivity index (χ2n) is 6.67. The lowest BCUT2D eigenvalue weighted by atomic mass is 10.2. The number of hydrogen-bond acceptors (Lipinski definition) is 6. The Morgan fingerprint density at radius 1 is 1.28 bits per heavy atom. The highest BCUT2D eigenvalue weighted by atomic mass is 35.5. The van der Waals surface area contributed by atoms with Crippen LogP contribution in [0.4, 0.5) is 0 Å². The highest BCUT2D eigenvalue weighted by molar-refractivity contribution is 7.99. The number of halogens is 1. The van der Waals surface area contributed by atoms with E-state index in [0.717, 1.165) is 12.8 Å². The van der Waals surface area contributed by atoms with E-state index in [1.165, 1.54) is 11.8 Å². The average Bonchev–Trinajstić information content (AvgIpc) is 3.10. The van der Waals surface area contributed by atoms with Gasteiger partial charge in [-0.2, -0.15) is 0 Å². The van der Waals surface area contributed by atoms with Crippen molar-refractivity contribution in [1.82, 2.24) is 20.1 Å². The third kappa shape index (κ3) is 6.90. The van der Waals surface area contributed by atoms with Crippen LogP contribution in [0.15, 0.2) is 29.4 Å². The summed E-state index contributed by atoms with van der Waals surface area (Å²) in [5.41, 5.74) is 0. The Bertz CT molecular complexity index is 783. The monoisotopic (exact) mass is 440 g/mol. The van der Waals surface area contributed by atoms with E-state index in [0.29, 0.717) is 28.4 Å². The Hall–Kier alpha value is -1.77. The van der Waals surface area contributed by atoms with Gasteiger partial charge in [-0.3, -0.25) is 4.79 Å². The highest BCUT2D eigenvalue weighted by Crippen LogP contribution is 2.28. The zero-order valence-electron chi connectivity index (χ0n) is 17.4. The second kappa shape index (κ2) is 12.0. The topological polar surface area (TPSA) is 78.3 Å². The van der Waals surface area contributed by atoms with Crippen LogP contribution in [0.2, 0.25) is 5.02 Å². The van der Waals surface area contributed by atoms with Crippen LogP contribution < -0.4 is 10.1 Å². The highest BCUT2D eigenvalue weighted by Gasteiger charge is 2.20. The van der Waals surface area contributed by atoms with Crippen molar-refractivity contribution in [2.45, 2.75) is 57.5 Å². The van der Waals surface area contributed by atoms with Crippen LogP contribution in [0, 0.1) is 0 Å². The first-order valence-corrected chi connectivity index (χ1v) is 11.1. The standard InChI is InChI=1S/C20H29ClN4O3S/c1-5-15(6-2)25-18(12-28-17-10-8-7-9-16(17)21)23-24-20(25)29-13-19(26)22-14(3)11-27-4/h7-10,14-15H,5-6,11-13H2,1-4H3,(H,22,26). The summed E-state index contributed by atoms with van der Waals surface area (Å²) in [5.74, 6) is 1.52. The lowest BCUT2D eigenvalue weighted by Crippen LogP contribution is -2.36. The molecule has 0 saturated heterocycles. The quantitative estimate of drug-likeness (QED) is 0.500. The van der Waals surface area contributed by atoms with Gasteiger partial charge in [0.15, 0.2) is 11.0 Å². The van der Waals surface area contributed by atoms with Crippen LogP contribution >= 0.6 is 23.4 Å². The fourth-order valence-corrected chi connectivity index (χ4v) is 3.99. The fraction of sp³-hybridized carbons (Fsp3) is 0.550. The molecule has 1 N–H and O–H groups in total. The Labute approximate surface area is 181 Å². The van der Waals surface area contributed by atoms with Gasteiger partial charge in [0.05, 0.1) is 17.4 Å². The number of nitrogens with zero attached hydrogens (tertiary/aromatic N) is 3. The minimum Gasteiger partial charge on any atom is -0.484 e. The molecule has 0 aliphatic heterocycles. The van der Waals surface area contributed by atoms with Crippen molar-refractivity contribution < 1.29 is 14.3 Å². The van der Waals surface area contributed by atoms with Crippen LogP contribution in [0.3, 0.4) is 0 Å². The predicted octanol–water partition coefficient (Wildman–Crippen LogP) is 4.11. The van der Waals surface area contributed by atoms with E-state index in [4.69, 9.17) is 21.1 Å². The lowest BCUT2D eigenvalue weighted by molar-refractivity contribution is -0.119. The molecule has 0 saturated carbocycles. The summed E-state index contributed by atoms with van der Waals surface area (Å²) >= 11 is 7.55. The molecule has 0 aliphatic carbocycles. The summed E-state index contributed by atoms with van der Waals surface area (Å²) in [5, 5.41) is 12.8.